The van der Waals surface area contributed by atoms with Gasteiger partial charge in [-0.2, -0.15) is 0 Å². The van der Waals surface area contributed by atoms with Crippen LogP contribution in [-0.4, -0.2) is 24.6 Å². The van der Waals surface area contributed by atoms with Gasteiger partial charge in [-0.25, -0.2) is 4.79 Å². The number of hydrogen-bond acceptors (Lipinski definition) is 2. The first kappa shape index (κ1) is 9.77. The Morgan fingerprint density at radius 3 is 2.80 bits per heavy atom. The van der Waals surface area contributed by atoms with Gasteiger partial charge in [0, 0.05) is 6.54 Å². The fraction of sp³-hybridized carbons (Fsp3) is 0.250. The number of rotatable bonds is 1. The second-order valence-electron chi connectivity index (χ2n) is 3.41. The fourth-order valence-corrected chi connectivity index (χ4v) is 1.77. The molecule has 1 aliphatic heterocycles. The third kappa shape index (κ3) is 1.86. The van der Waals surface area contributed by atoms with E-state index in [1.165, 1.54) is 7.11 Å². The highest BCUT2D eigenvalue weighted by molar-refractivity contribution is 5.69. The molecule has 0 unspecified atom stereocenters. The van der Waals surface area contributed by atoms with Gasteiger partial charge in [-0.3, -0.25) is 4.90 Å². The van der Waals surface area contributed by atoms with Gasteiger partial charge in [0.2, 0.25) is 0 Å². The van der Waals surface area contributed by atoms with E-state index in [0.717, 1.165) is 5.56 Å². The molecule has 1 heterocycles. The Hall–Kier alpha value is -1.77. The van der Waals surface area contributed by atoms with Crippen LogP contribution in [0.2, 0.25) is 0 Å². The highest BCUT2D eigenvalue weighted by Crippen LogP contribution is 2.26. The minimum atomic E-state index is -0.283. The third-order valence-electron chi connectivity index (χ3n) is 2.51. The molecule has 0 saturated heterocycles. The molecule has 0 spiro atoms. The molecule has 78 valence electrons. The Labute approximate surface area is 89.0 Å². The van der Waals surface area contributed by atoms with E-state index in [2.05, 4.69) is 0 Å². The minimum absolute atomic E-state index is 0.0126. The molecule has 1 aromatic rings. The fourth-order valence-electron chi connectivity index (χ4n) is 1.77. The molecule has 1 atom stereocenters. The zero-order valence-corrected chi connectivity index (χ0v) is 8.59. The van der Waals surface area contributed by atoms with Gasteiger partial charge in [-0.1, -0.05) is 42.5 Å². The first-order chi connectivity index (χ1) is 7.33. The summed E-state index contributed by atoms with van der Waals surface area (Å²) >= 11 is 0. The van der Waals surface area contributed by atoms with E-state index in [0.29, 0.717) is 6.54 Å². The SMILES string of the molecule is COC(=O)N1CC=C[C@@H]1c1ccccc1. The average Bonchev–Trinajstić information content (AvgIpc) is 2.78. The predicted octanol–water partition coefficient (Wildman–Crippen LogP) is 2.37. The van der Waals surface area contributed by atoms with Gasteiger partial charge >= 0.3 is 6.09 Å². The van der Waals surface area contributed by atoms with E-state index in [4.69, 9.17) is 4.74 Å². The van der Waals surface area contributed by atoms with E-state index >= 15 is 0 Å². The van der Waals surface area contributed by atoms with E-state index in [1.807, 2.05) is 42.5 Å². The molecular weight excluding hydrogens is 190 g/mol. The summed E-state index contributed by atoms with van der Waals surface area (Å²) in [4.78, 5) is 13.2. The van der Waals surface area contributed by atoms with Crippen LogP contribution in [0.15, 0.2) is 42.5 Å². The number of carbonyl (C=O) groups excluding carboxylic acids is 1. The van der Waals surface area contributed by atoms with Crippen molar-refractivity contribution in [2.75, 3.05) is 13.7 Å². The number of hydrogen-bond donors (Lipinski definition) is 0. The van der Waals surface area contributed by atoms with Crippen molar-refractivity contribution < 1.29 is 9.53 Å². The van der Waals surface area contributed by atoms with Gasteiger partial charge in [0.15, 0.2) is 0 Å². The van der Waals surface area contributed by atoms with Gasteiger partial charge in [-0.15, -0.1) is 0 Å². The van der Waals surface area contributed by atoms with E-state index in [-0.39, 0.29) is 12.1 Å². The molecule has 3 heteroatoms. The summed E-state index contributed by atoms with van der Waals surface area (Å²) < 4.78 is 4.73. The zero-order valence-electron chi connectivity index (χ0n) is 8.59. The lowest BCUT2D eigenvalue weighted by atomic mass is 10.1. The van der Waals surface area contributed by atoms with Crippen molar-refractivity contribution in [3.63, 3.8) is 0 Å². The first-order valence-electron chi connectivity index (χ1n) is 4.89. The smallest absolute Gasteiger partial charge is 0.410 e. The standard InChI is InChI=1S/C12H13NO2/c1-15-12(14)13-9-5-8-11(13)10-6-3-2-4-7-10/h2-8,11H,9H2,1H3/t11-/m1/s1. The van der Waals surface area contributed by atoms with Crippen molar-refractivity contribution in [2.45, 2.75) is 6.04 Å². The molecule has 0 aliphatic carbocycles. The van der Waals surface area contributed by atoms with Crippen molar-refractivity contribution >= 4 is 6.09 Å². The van der Waals surface area contributed by atoms with Gasteiger partial charge in [-0.05, 0) is 5.56 Å². The predicted molar refractivity (Wildman–Crippen MR) is 57.4 cm³/mol. The summed E-state index contributed by atoms with van der Waals surface area (Å²) in [5.74, 6) is 0. The lowest BCUT2D eigenvalue weighted by molar-refractivity contribution is 0.122. The summed E-state index contributed by atoms with van der Waals surface area (Å²) in [6.07, 6.45) is 3.72. The van der Waals surface area contributed by atoms with Crippen molar-refractivity contribution in [3.8, 4) is 0 Å². The third-order valence-corrected chi connectivity index (χ3v) is 2.51. The summed E-state index contributed by atoms with van der Waals surface area (Å²) in [7, 11) is 1.41. The highest BCUT2D eigenvalue weighted by Gasteiger charge is 2.26. The van der Waals surface area contributed by atoms with Crippen LogP contribution in [-0.2, 0) is 4.74 Å². The lowest BCUT2D eigenvalue weighted by Gasteiger charge is -2.23. The summed E-state index contributed by atoms with van der Waals surface area (Å²) in [5.41, 5.74) is 1.11. The molecular formula is C12H13NO2. The number of ether oxygens (including phenoxy) is 1. The van der Waals surface area contributed by atoms with Crippen molar-refractivity contribution in [2.24, 2.45) is 0 Å². The maximum Gasteiger partial charge on any atom is 0.410 e. The molecule has 1 amide bonds. The maximum absolute atomic E-state index is 11.5. The van der Waals surface area contributed by atoms with Crippen molar-refractivity contribution in [3.05, 3.63) is 48.0 Å². The van der Waals surface area contributed by atoms with Crippen molar-refractivity contribution in [1.29, 1.82) is 0 Å². The van der Waals surface area contributed by atoms with Crippen LogP contribution >= 0.6 is 0 Å². The Morgan fingerprint density at radius 1 is 1.40 bits per heavy atom. The monoisotopic (exact) mass is 203 g/mol. The van der Waals surface area contributed by atoms with E-state index < -0.39 is 0 Å². The van der Waals surface area contributed by atoms with Crippen LogP contribution in [0.4, 0.5) is 4.79 Å². The Morgan fingerprint density at radius 2 is 2.13 bits per heavy atom. The highest BCUT2D eigenvalue weighted by atomic mass is 16.5. The summed E-state index contributed by atoms with van der Waals surface area (Å²) in [5, 5.41) is 0. The molecule has 0 saturated carbocycles. The minimum Gasteiger partial charge on any atom is -0.453 e. The topological polar surface area (TPSA) is 29.5 Å². The molecule has 3 nitrogen and oxygen atoms in total. The van der Waals surface area contributed by atoms with Crippen LogP contribution in [0.1, 0.15) is 11.6 Å². The van der Waals surface area contributed by atoms with Gasteiger partial charge < -0.3 is 4.74 Å². The number of carbonyl (C=O) groups is 1. The molecule has 0 aromatic heterocycles. The van der Waals surface area contributed by atoms with Crippen LogP contribution in [0, 0.1) is 0 Å². The molecule has 0 fully saturated rings. The second kappa shape index (κ2) is 4.17. The normalized spacial score (nSPS) is 19.3. The summed E-state index contributed by atoms with van der Waals surface area (Å²) in [6, 6.07) is 9.93. The Balaban J connectivity index is 2.22. The van der Waals surface area contributed by atoms with Gasteiger partial charge in [0.1, 0.15) is 0 Å². The van der Waals surface area contributed by atoms with Crippen LogP contribution in [0.5, 0.6) is 0 Å². The zero-order chi connectivity index (χ0) is 10.7. The molecule has 1 aromatic carbocycles. The molecule has 1 aliphatic rings. The summed E-state index contributed by atoms with van der Waals surface area (Å²) in [6.45, 7) is 0.617. The Bertz CT molecular complexity index is 372. The maximum atomic E-state index is 11.5. The number of nitrogens with zero attached hydrogens (tertiary/aromatic N) is 1. The lowest BCUT2D eigenvalue weighted by Crippen LogP contribution is -2.30. The molecule has 0 N–H and O–H groups in total. The number of methoxy groups -OCH3 is 1. The molecule has 0 bridgehead atoms. The second-order valence-corrected chi connectivity index (χ2v) is 3.41. The average molecular weight is 203 g/mol. The first-order valence-corrected chi connectivity index (χ1v) is 4.89. The quantitative estimate of drug-likeness (QED) is 0.656. The van der Waals surface area contributed by atoms with E-state index in [1.54, 1.807) is 4.90 Å². The van der Waals surface area contributed by atoms with Crippen LogP contribution in [0.25, 0.3) is 0 Å². The number of benzene rings is 1. The number of amides is 1. The van der Waals surface area contributed by atoms with Crippen molar-refractivity contribution in [1.82, 2.24) is 4.90 Å². The Kier molecular flexibility index (Phi) is 2.72. The molecule has 15 heavy (non-hydrogen) atoms. The molecule has 2 rings (SSSR count). The molecule has 0 radical (unpaired) electrons. The van der Waals surface area contributed by atoms with Gasteiger partial charge in [0.05, 0.1) is 13.2 Å². The van der Waals surface area contributed by atoms with Gasteiger partial charge in [0.25, 0.3) is 0 Å². The van der Waals surface area contributed by atoms with Crippen LogP contribution < -0.4 is 0 Å². The largest absolute Gasteiger partial charge is 0.453 e. The van der Waals surface area contributed by atoms with E-state index in [9.17, 15) is 4.79 Å². The van der Waals surface area contributed by atoms with Crippen LogP contribution in [0.3, 0.4) is 0 Å².